The third-order valence-corrected chi connectivity index (χ3v) is 1.33. The quantitative estimate of drug-likeness (QED) is 0.520. The molecule has 0 aliphatic heterocycles. The van der Waals surface area contributed by atoms with Crippen molar-refractivity contribution in [2.75, 3.05) is 6.54 Å². The molecule has 15 heavy (non-hydrogen) atoms. The monoisotopic (exact) mass is 219 g/mol. The molecule has 0 saturated heterocycles. The first-order valence-electron chi connectivity index (χ1n) is 4.34. The summed E-state index contributed by atoms with van der Waals surface area (Å²) in [6.07, 6.45) is -1.08. The van der Waals surface area contributed by atoms with Gasteiger partial charge in [0.15, 0.2) is 0 Å². The van der Waals surface area contributed by atoms with Crippen molar-refractivity contribution in [1.29, 1.82) is 0 Å². The first kappa shape index (κ1) is 15.9. The fourth-order valence-electron chi connectivity index (χ4n) is 0.349. The molecule has 1 atom stereocenters. The van der Waals surface area contributed by atoms with Gasteiger partial charge in [-0.15, -0.1) is 0 Å². The van der Waals surface area contributed by atoms with E-state index in [0.717, 1.165) is 0 Å². The van der Waals surface area contributed by atoms with E-state index in [2.05, 4.69) is 11.9 Å². The summed E-state index contributed by atoms with van der Waals surface area (Å²) in [6.45, 7) is 6.50. The minimum absolute atomic E-state index is 0.117. The average Bonchev–Trinajstić information content (AvgIpc) is 2.14. The van der Waals surface area contributed by atoms with Gasteiger partial charge in [0.25, 0.3) is 0 Å². The van der Waals surface area contributed by atoms with Crippen molar-refractivity contribution in [1.82, 2.24) is 5.32 Å². The zero-order chi connectivity index (χ0) is 12.4. The number of rotatable bonds is 4. The Morgan fingerprint density at radius 2 is 1.80 bits per heavy atom. The van der Waals surface area contributed by atoms with Crippen LogP contribution in [0.1, 0.15) is 20.3 Å². The van der Waals surface area contributed by atoms with Crippen LogP contribution in [0.3, 0.4) is 0 Å². The highest BCUT2D eigenvalue weighted by atomic mass is 16.4. The van der Waals surface area contributed by atoms with Gasteiger partial charge in [-0.25, -0.2) is 9.59 Å². The van der Waals surface area contributed by atoms with Gasteiger partial charge >= 0.3 is 12.1 Å². The molecule has 6 nitrogen and oxygen atoms in total. The van der Waals surface area contributed by atoms with Crippen LogP contribution in [-0.2, 0) is 4.79 Å². The van der Waals surface area contributed by atoms with Crippen LogP contribution in [0.4, 0.5) is 4.79 Å². The van der Waals surface area contributed by atoms with E-state index in [1.807, 2.05) is 0 Å². The maximum Gasteiger partial charge on any atom is 0.404 e. The highest BCUT2D eigenvalue weighted by Crippen LogP contribution is 1.85. The number of aliphatic carboxylic acids is 1. The molecule has 4 N–H and O–H groups in total. The zero-order valence-corrected chi connectivity index (χ0v) is 8.86. The van der Waals surface area contributed by atoms with E-state index in [0.29, 0.717) is 6.42 Å². The third-order valence-electron chi connectivity index (χ3n) is 1.33. The molecule has 0 fully saturated rings. The number of aliphatic hydroxyl groups excluding tert-OH is 1. The van der Waals surface area contributed by atoms with E-state index < -0.39 is 18.2 Å². The maximum atomic E-state index is 9.80. The second-order valence-corrected chi connectivity index (χ2v) is 2.83. The summed E-state index contributed by atoms with van der Waals surface area (Å²) < 4.78 is 0. The summed E-state index contributed by atoms with van der Waals surface area (Å²) in [6, 6.07) is 0. The fraction of sp³-hybridized carbons (Fsp3) is 0.556. The number of aliphatic hydroxyl groups is 1. The Labute approximate surface area is 88.2 Å². The highest BCUT2D eigenvalue weighted by Gasteiger charge is 2.00. The molecule has 0 heterocycles. The fourth-order valence-corrected chi connectivity index (χ4v) is 0.349. The van der Waals surface area contributed by atoms with Gasteiger partial charge in [-0.2, -0.15) is 0 Å². The second kappa shape index (κ2) is 9.01. The summed E-state index contributed by atoms with van der Waals surface area (Å²) in [5, 5.41) is 26.8. The number of hydrogen-bond acceptors (Lipinski definition) is 3. The summed E-state index contributed by atoms with van der Waals surface area (Å²) >= 11 is 0. The molecule has 0 aromatic heterocycles. The lowest BCUT2D eigenvalue weighted by atomic mass is 10.3. The number of hydrogen-bond donors (Lipinski definition) is 4. The van der Waals surface area contributed by atoms with Gasteiger partial charge in [0.2, 0.25) is 0 Å². The molecule has 0 aromatic rings. The van der Waals surface area contributed by atoms with Crippen molar-refractivity contribution < 1.29 is 24.9 Å². The molecule has 1 unspecified atom stereocenters. The number of amides is 1. The standard InChI is InChI=1S/C5H11NO3.C4H6O2/c1-2-4(7)3-6-5(8)9;1-3(2)4(5)6/h4,6-7H,2-3H2,1H3,(H,8,9);1H2,2H3,(H,5,6). The first-order chi connectivity index (χ1) is 6.81. The second-order valence-electron chi connectivity index (χ2n) is 2.83. The molecule has 0 bridgehead atoms. The Morgan fingerprint density at radius 1 is 1.40 bits per heavy atom. The predicted octanol–water partition coefficient (Wildman–Crippen LogP) is 0.672. The van der Waals surface area contributed by atoms with Gasteiger partial charge in [0, 0.05) is 12.1 Å². The Morgan fingerprint density at radius 3 is 2.00 bits per heavy atom. The van der Waals surface area contributed by atoms with E-state index >= 15 is 0 Å². The van der Waals surface area contributed by atoms with Gasteiger partial charge < -0.3 is 20.6 Å². The number of nitrogens with one attached hydrogen (secondary N) is 1. The van der Waals surface area contributed by atoms with E-state index in [-0.39, 0.29) is 12.1 Å². The Bertz CT molecular complexity index is 215. The highest BCUT2D eigenvalue weighted by molar-refractivity contribution is 5.84. The van der Waals surface area contributed by atoms with Gasteiger partial charge in [-0.3, -0.25) is 0 Å². The van der Waals surface area contributed by atoms with E-state index in [1.54, 1.807) is 6.92 Å². The van der Waals surface area contributed by atoms with Crippen LogP contribution < -0.4 is 5.32 Å². The molecule has 0 aliphatic rings. The van der Waals surface area contributed by atoms with Crippen molar-refractivity contribution in [2.24, 2.45) is 0 Å². The van der Waals surface area contributed by atoms with E-state index in [1.165, 1.54) is 6.92 Å². The van der Waals surface area contributed by atoms with Crippen molar-refractivity contribution in [3.05, 3.63) is 12.2 Å². The molecule has 1 amide bonds. The lowest BCUT2D eigenvalue weighted by Crippen LogP contribution is -2.30. The number of carboxylic acids is 1. The topological polar surface area (TPSA) is 107 Å². The lowest BCUT2D eigenvalue weighted by molar-refractivity contribution is -0.132. The Kier molecular flexibility index (Phi) is 9.55. The van der Waals surface area contributed by atoms with Gasteiger partial charge in [0.05, 0.1) is 6.10 Å². The molecule has 0 radical (unpaired) electrons. The van der Waals surface area contributed by atoms with Crippen LogP contribution in [0.15, 0.2) is 12.2 Å². The van der Waals surface area contributed by atoms with Gasteiger partial charge in [-0.1, -0.05) is 13.5 Å². The summed E-state index contributed by atoms with van der Waals surface area (Å²) in [5.74, 6) is -0.935. The molecule has 0 aromatic carbocycles. The largest absolute Gasteiger partial charge is 0.478 e. The van der Waals surface area contributed by atoms with Crippen LogP contribution in [-0.4, -0.2) is 40.0 Å². The smallest absolute Gasteiger partial charge is 0.404 e. The maximum absolute atomic E-state index is 9.80. The third kappa shape index (κ3) is 15.2. The van der Waals surface area contributed by atoms with Gasteiger partial charge in [-0.05, 0) is 13.3 Å². The van der Waals surface area contributed by atoms with Crippen LogP contribution >= 0.6 is 0 Å². The zero-order valence-electron chi connectivity index (χ0n) is 8.86. The predicted molar refractivity (Wildman–Crippen MR) is 54.8 cm³/mol. The molecular formula is C9H17NO5. The van der Waals surface area contributed by atoms with Crippen molar-refractivity contribution in [3.8, 4) is 0 Å². The number of carboxylic acid groups (broad SMARTS) is 2. The molecule has 0 rings (SSSR count). The molecule has 6 heteroatoms. The van der Waals surface area contributed by atoms with E-state index in [4.69, 9.17) is 15.3 Å². The van der Waals surface area contributed by atoms with E-state index in [9.17, 15) is 9.59 Å². The molecule has 88 valence electrons. The normalized spacial score (nSPS) is 10.6. The minimum Gasteiger partial charge on any atom is -0.478 e. The van der Waals surface area contributed by atoms with Crippen LogP contribution in [0.2, 0.25) is 0 Å². The summed E-state index contributed by atoms with van der Waals surface area (Å²) in [5.41, 5.74) is 0.176. The molecule has 0 saturated carbocycles. The lowest BCUT2D eigenvalue weighted by Gasteiger charge is -2.05. The van der Waals surface area contributed by atoms with Crippen LogP contribution in [0, 0.1) is 0 Å². The Hall–Kier alpha value is -1.56. The summed E-state index contributed by atoms with van der Waals surface area (Å²) in [7, 11) is 0. The average molecular weight is 219 g/mol. The molecule has 0 aliphatic carbocycles. The molecular weight excluding hydrogens is 202 g/mol. The van der Waals surface area contributed by atoms with Crippen LogP contribution in [0.5, 0.6) is 0 Å². The van der Waals surface area contributed by atoms with Crippen molar-refractivity contribution >= 4 is 12.1 Å². The van der Waals surface area contributed by atoms with Crippen LogP contribution in [0.25, 0.3) is 0 Å². The van der Waals surface area contributed by atoms with Gasteiger partial charge in [0.1, 0.15) is 0 Å². The molecule has 0 spiro atoms. The minimum atomic E-state index is -1.09. The number of carbonyl (C=O) groups is 2. The van der Waals surface area contributed by atoms with Crippen molar-refractivity contribution in [3.63, 3.8) is 0 Å². The Balaban J connectivity index is 0. The first-order valence-corrected chi connectivity index (χ1v) is 4.34. The SMILES string of the molecule is C=C(C)C(=O)O.CCC(O)CNC(=O)O. The summed E-state index contributed by atoms with van der Waals surface area (Å²) in [4.78, 5) is 19.4. The van der Waals surface area contributed by atoms with Crippen molar-refractivity contribution in [2.45, 2.75) is 26.4 Å².